The van der Waals surface area contributed by atoms with Crippen LogP contribution in [0.2, 0.25) is 5.15 Å². The van der Waals surface area contributed by atoms with Gasteiger partial charge < -0.3 is 10.1 Å². The van der Waals surface area contributed by atoms with E-state index in [2.05, 4.69) is 10.4 Å². The summed E-state index contributed by atoms with van der Waals surface area (Å²) in [5.74, 6) is -0.855. The lowest BCUT2D eigenvalue weighted by atomic mass is 10.0. The van der Waals surface area contributed by atoms with Gasteiger partial charge in [-0.15, -0.1) is 0 Å². The van der Waals surface area contributed by atoms with Crippen molar-refractivity contribution in [2.45, 2.75) is 20.8 Å². The minimum absolute atomic E-state index is 0.221. The van der Waals surface area contributed by atoms with E-state index in [-0.39, 0.29) is 10.7 Å². The van der Waals surface area contributed by atoms with E-state index in [0.29, 0.717) is 16.9 Å². The number of methoxy groups -OCH3 is 1. The Labute approximate surface area is 168 Å². The number of anilines is 1. The molecule has 0 unspecified atom stereocenters. The predicted octanol–water partition coefficient (Wildman–Crippen LogP) is 4.49. The zero-order chi connectivity index (χ0) is 20.4. The number of carbonyl (C=O) groups excluding carboxylic acids is 2. The molecule has 6 nitrogen and oxygen atoms in total. The lowest BCUT2D eigenvalue weighted by Gasteiger charge is -2.12. The van der Waals surface area contributed by atoms with Crippen molar-refractivity contribution in [2.75, 3.05) is 12.4 Å². The summed E-state index contributed by atoms with van der Waals surface area (Å²) in [6.07, 6.45) is 0. The van der Waals surface area contributed by atoms with E-state index in [1.807, 2.05) is 44.2 Å². The molecular formula is C21H20ClN3O3. The number of amides is 1. The van der Waals surface area contributed by atoms with Gasteiger partial charge in [-0.2, -0.15) is 5.10 Å². The maximum atomic E-state index is 12.9. The van der Waals surface area contributed by atoms with Crippen LogP contribution < -0.4 is 5.32 Å². The molecule has 0 bridgehead atoms. The topological polar surface area (TPSA) is 73.2 Å². The van der Waals surface area contributed by atoms with E-state index < -0.39 is 11.9 Å². The van der Waals surface area contributed by atoms with Crippen LogP contribution in [-0.4, -0.2) is 28.8 Å². The van der Waals surface area contributed by atoms with Gasteiger partial charge in [0.2, 0.25) is 0 Å². The Morgan fingerprint density at radius 3 is 2.43 bits per heavy atom. The molecular weight excluding hydrogens is 378 g/mol. The minimum Gasteiger partial charge on any atom is -0.465 e. The molecule has 1 amide bonds. The Morgan fingerprint density at radius 2 is 1.79 bits per heavy atom. The maximum Gasteiger partial charge on any atom is 0.338 e. The van der Waals surface area contributed by atoms with Gasteiger partial charge in [0.05, 0.1) is 24.1 Å². The third kappa shape index (κ3) is 3.64. The normalized spacial score (nSPS) is 10.6. The highest BCUT2D eigenvalue weighted by atomic mass is 35.5. The first kappa shape index (κ1) is 19.6. The van der Waals surface area contributed by atoms with E-state index in [9.17, 15) is 9.59 Å². The number of nitrogens with one attached hydrogen (secondary N) is 1. The van der Waals surface area contributed by atoms with Gasteiger partial charge in [0.25, 0.3) is 5.91 Å². The van der Waals surface area contributed by atoms with Crippen molar-refractivity contribution in [1.82, 2.24) is 9.78 Å². The molecule has 1 N–H and O–H groups in total. The third-order valence-electron chi connectivity index (χ3n) is 4.56. The molecule has 3 rings (SSSR count). The number of halogens is 1. The van der Waals surface area contributed by atoms with Gasteiger partial charge in [-0.25, -0.2) is 9.48 Å². The summed E-state index contributed by atoms with van der Waals surface area (Å²) in [7, 11) is 1.32. The summed E-state index contributed by atoms with van der Waals surface area (Å²) in [5, 5.41) is 7.41. The molecule has 3 aromatic rings. The van der Waals surface area contributed by atoms with Gasteiger partial charge in [-0.3, -0.25) is 4.79 Å². The van der Waals surface area contributed by atoms with Crippen molar-refractivity contribution in [3.05, 3.63) is 75.6 Å². The number of esters is 1. The van der Waals surface area contributed by atoms with Crippen LogP contribution in [0.1, 0.15) is 37.5 Å². The average molecular weight is 398 g/mol. The third-order valence-corrected chi connectivity index (χ3v) is 4.91. The first-order valence-corrected chi connectivity index (χ1v) is 9.02. The number of aryl methyl sites for hydroxylation is 2. The maximum absolute atomic E-state index is 12.9. The van der Waals surface area contributed by atoms with Gasteiger partial charge in [0.1, 0.15) is 10.7 Å². The molecule has 1 aromatic heterocycles. The smallest absolute Gasteiger partial charge is 0.338 e. The summed E-state index contributed by atoms with van der Waals surface area (Å²) < 4.78 is 6.34. The summed E-state index contributed by atoms with van der Waals surface area (Å²) in [6, 6.07) is 12.7. The highest BCUT2D eigenvalue weighted by molar-refractivity contribution is 6.34. The van der Waals surface area contributed by atoms with E-state index in [4.69, 9.17) is 16.3 Å². The second-order valence-electron chi connectivity index (χ2n) is 6.41. The van der Waals surface area contributed by atoms with Crippen LogP contribution in [0, 0.1) is 20.8 Å². The SMILES string of the molecule is COC(=O)c1cc(NC(=O)c2c(C)nn(-c3ccccc3)c2Cl)cc(C)c1C. The molecule has 1 heterocycles. The van der Waals surface area contributed by atoms with E-state index in [1.165, 1.54) is 11.8 Å². The van der Waals surface area contributed by atoms with E-state index >= 15 is 0 Å². The van der Waals surface area contributed by atoms with Crippen LogP contribution in [0.4, 0.5) is 5.69 Å². The first-order chi connectivity index (χ1) is 13.3. The monoisotopic (exact) mass is 397 g/mol. The molecule has 2 aromatic carbocycles. The zero-order valence-corrected chi connectivity index (χ0v) is 16.8. The van der Waals surface area contributed by atoms with Crippen molar-refractivity contribution in [2.24, 2.45) is 0 Å². The summed E-state index contributed by atoms with van der Waals surface area (Å²) in [5.41, 5.74) is 4.09. The highest BCUT2D eigenvalue weighted by Gasteiger charge is 2.22. The number of rotatable bonds is 4. The molecule has 0 aliphatic rings. The molecule has 0 saturated heterocycles. The minimum atomic E-state index is -0.456. The molecule has 0 radical (unpaired) electrons. The quantitative estimate of drug-likeness (QED) is 0.658. The second-order valence-corrected chi connectivity index (χ2v) is 6.77. The number of aromatic nitrogens is 2. The largest absolute Gasteiger partial charge is 0.465 e. The van der Waals surface area contributed by atoms with Crippen LogP contribution in [0.15, 0.2) is 42.5 Å². The number of para-hydroxylation sites is 1. The van der Waals surface area contributed by atoms with Gasteiger partial charge in [0, 0.05) is 5.69 Å². The lowest BCUT2D eigenvalue weighted by Crippen LogP contribution is -2.15. The van der Waals surface area contributed by atoms with Gasteiger partial charge in [0.15, 0.2) is 0 Å². The Hall–Kier alpha value is -3.12. The fourth-order valence-electron chi connectivity index (χ4n) is 2.94. The van der Waals surface area contributed by atoms with Crippen molar-refractivity contribution < 1.29 is 14.3 Å². The number of hydrogen-bond acceptors (Lipinski definition) is 4. The van der Waals surface area contributed by atoms with Crippen molar-refractivity contribution in [3.63, 3.8) is 0 Å². The van der Waals surface area contributed by atoms with E-state index in [0.717, 1.165) is 16.8 Å². The van der Waals surface area contributed by atoms with Crippen LogP contribution in [0.5, 0.6) is 0 Å². The summed E-state index contributed by atoms with van der Waals surface area (Å²) >= 11 is 6.45. The molecule has 144 valence electrons. The molecule has 0 aliphatic carbocycles. The fraction of sp³-hybridized carbons (Fsp3) is 0.190. The molecule has 0 fully saturated rings. The van der Waals surface area contributed by atoms with Crippen LogP contribution >= 0.6 is 11.6 Å². The molecule has 28 heavy (non-hydrogen) atoms. The molecule has 0 aliphatic heterocycles. The van der Waals surface area contributed by atoms with Crippen molar-refractivity contribution in [3.8, 4) is 5.69 Å². The summed E-state index contributed by atoms with van der Waals surface area (Å²) in [4.78, 5) is 24.9. The van der Waals surface area contributed by atoms with Gasteiger partial charge >= 0.3 is 5.97 Å². The fourth-order valence-corrected chi connectivity index (χ4v) is 3.30. The number of carbonyl (C=O) groups is 2. The first-order valence-electron chi connectivity index (χ1n) is 8.65. The zero-order valence-electron chi connectivity index (χ0n) is 16.0. The summed E-state index contributed by atoms with van der Waals surface area (Å²) in [6.45, 7) is 5.42. The number of ether oxygens (including phenoxy) is 1. The van der Waals surface area contributed by atoms with Crippen molar-refractivity contribution in [1.29, 1.82) is 0 Å². The lowest BCUT2D eigenvalue weighted by molar-refractivity contribution is 0.0599. The van der Waals surface area contributed by atoms with Gasteiger partial charge in [-0.1, -0.05) is 29.8 Å². The number of nitrogens with zero attached hydrogens (tertiary/aromatic N) is 2. The van der Waals surface area contributed by atoms with Gasteiger partial charge in [-0.05, 0) is 56.2 Å². The van der Waals surface area contributed by atoms with Crippen LogP contribution in [0.25, 0.3) is 5.69 Å². The van der Waals surface area contributed by atoms with Crippen LogP contribution in [0.3, 0.4) is 0 Å². The highest BCUT2D eigenvalue weighted by Crippen LogP contribution is 2.26. The average Bonchev–Trinajstić information content (AvgIpc) is 2.98. The predicted molar refractivity (Wildman–Crippen MR) is 109 cm³/mol. The Balaban J connectivity index is 1.96. The molecule has 0 spiro atoms. The van der Waals surface area contributed by atoms with E-state index in [1.54, 1.807) is 19.1 Å². The molecule has 0 saturated carbocycles. The van der Waals surface area contributed by atoms with Crippen molar-refractivity contribution >= 4 is 29.2 Å². The number of hydrogen-bond donors (Lipinski definition) is 1. The molecule has 7 heteroatoms. The van der Waals surface area contributed by atoms with Crippen LogP contribution in [-0.2, 0) is 4.74 Å². The standard InChI is InChI=1S/C21H20ClN3O3/c1-12-10-15(11-17(13(12)2)21(27)28-4)23-20(26)18-14(3)24-25(19(18)22)16-8-6-5-7-9-16/h5-11H,1-4H3,(H,23,26). The Bertz CT molecular complexity index is 1060. The Kier molecular flexibility index (Phi) is 5.51. The Morgan fingerprint density at radius 1 is 1.11 bits per heavy atom. The molecule has 0 atom stereocenters. The number of benzene rings is 2. The second kappa shape index (κ2) is 7.86.